The van der Waals surface area contributed by atoms with Gasteiger partial charge in [-0.2, -0.15) is 0 Å². The lowest BCUT2D eigenvalue weighted by molar-refractivity contribution is 0.734. The van der Waals surface area contributed by atoms with E-state index in [9.17, 15) is 4.79 Å². The molecule has 0 amide bonds. The number of hydrogen-bond acceptors (Lipinski definition) is 3. The van der Waals surface area contributed by atoms with Crippen molar-refractivity contribution in [3.8, 4) is 0 Å². The molecule has 2 aromatic heterocycles. The third kappa shape index (κ3) is 2.42. The van der Waals surface area contributed by atoms with Crippen molar-refractivity contribution in [1.82, 2.24) is 14.1 Å². The summed E-state index contributed by atoms with van der Waals surface area (Å²) in [5.41, 5.74) is 3.54. The van der Waals surface area contributed by atoms with Gasteiger partial charge in [0.25, 0.3) is 0 Å². The van der Waals surface area contributed by atoms with Crippen LogP contribution in [0, 0.1) is 0 Å². The third-order valence-corrected chi connectivity index (χ3v) is 3.54. The van der Waals surface area contributed by atoms with Crippen molar-refractivity contribution in [1.29, 1.82) is 0 Å². The van der Waals surface area contributed by atoms with Crippen LogP contribution >= 0.6 is 0 Å². The van der Waals surface area contributed by atoms with Crippen LogP contribution < -0.4 is 11.0 Å². The first-order chi connectivity index (χ1) is 10.2. The van der Waals surface area contributed by atoms with Gasteiger partial charge in [-0.3, -0.25) is 9.13 Å². The number of imidazole rings is 1. The molecule has 0 aliphatic rings. The van der Waals surface area contributed by atoms with Gasteiger partial charge in [-0.15, -0.1) is 0 Å². The SMILES string of the molecule is CCNc1cnc2c(c1)n(Cc1ccccc1)c(=O)n2C. The van der Waals surface area contributed by atoms with E-state index in [0.29, 0.717) is 12.2 Å². The first kappa shape index (κ1) is 13.4. The molecule has 0 unspecified atom stereocenters. The van der Waals surface area contributed by atoms with Crippen LogP contribution in [0.25, 0.3) is 11.2 Å². The average Bonchev–Trinajstić information content (AvgIpc) is 2.74. The van der Waals surface area contributed by atoms with Gasteiger partial charge in [-0.05, 0) is 18.6 Å². The molecule has 5 heteroatoms. The monoisotopic (exact) mass is 282 g/mol. The summed E-state index contributed by atoms with van der Waals surface area (Å²) in [6, 6.07) is 12.0. The Morgan fingerprint density at radius 3 is 2.71 bits per heavy atom. The minimum absolute atomic E-state index is 0.0463. The standard InChI is InChI=1S/C16H18N4O/c1-3-17-13-9-14-15(18-10-13)19(2)16(21)20(14)11-12-7-5-4-6-8-12/h4-10,17H,3,11H2,1-2H3. The molecule has 0 aliphatic heterocycles. The van der Waals surface area contributed by atoms with Crippen LogP contribution in [0.2, 0.25) is 0 Å². The molecular formula is C16H18N4O. The summed E-state index contributed by atoms with van der Waals surface area (Å²) in [4.78, 5) is 16.8. The zero-order chi connectivity index (χ0) is 14.8. The summed E-state index contributed by atoms with van der Waals surface area (Å²) in [5.74, 6) is 0. The second-order valence-corrected chi connectivity index (χ2v) is 5.01. The highest BCUT2D eigenvalue weighted by Crippen LogP contribution is 2.16. The van der Waals surface area contributed by atoms with Gasteiger partial charge in [0.15, 0.2) is 5.65 Å². The number of benzene rings is 1. The maximum absolute atomic E-state index is 12.4. The van der Waals surface area contributed by atoms with Crippen molar-refractivity contribution in [2.24, 2.45) is 7.05 Å². The van der Waals surface area contributed by atoms with Gasteiger partial charge >= 0.3 is 5.69 Å². The van der Waals surface area contributed by atoms with E-state index in [1.807, 2.05) is 43.3 Å². The van der Waals surface area contributed by atoms with Crippen LogP contribution in [-0.4, -0.2) is 20.7 Å². The van der Waals surface area contributed by atoms with Crippen molar-refractivity contribution in [3.05, 3.63) is 58.6 Å². The third-order valence-electron chi connectivity index (χ3n) is 3.54. The lowest BCUT2D eigenvalue weighted by atomic mass is 10.2. The first-order valence-electron chi connectivity index (χ1n) is 7.03. The van der Waals surface area contributed by atoms with E-state index in [4.69, 9.17) is 0 Å². The van der Waals surface area contributed by atoms with Crippen molar-refractivity contribution in [3.63, 3.8) is 0 Å². The molecule has 3 aromatic rings. The molecule has 0 saturated carbocycles. The highest BCUT2D eigenvalue weighted by molar-refractivity contribution is 5.75. The number of rotatable bonds is 4. The van der Waals surface area contributed by atoms with Crippen LogP contribution in [0.15, 0.2) is 47.4 Å². The Labute approximate surface area is 122 Å². The summed E-state index contributed by atoms with van der Waals surface area (Å²) in [7, 11) is 1.76. The molecule has 3 rings (SSSR count). The molecule has 1 aromatic carbocycles. The number of aryl methyl sites for hydroxylation is 1. The molecule has 5 nitrogen and oxygen atoms in total. The largest absolute Gasteiger partial charge is 0.384 e. The van der Waals surface area contributed by atoms with Gasteiger partial charge in [-0.1, -0.05) is 30.3 Å². The molecule has 2 heterocycles. The van der Waals surface area contributed by atoms with Crippen LogP contribution in [0.3, 0.4) is 0 Å². The predicted molar refractivity (Wildman–Crippen MR) is 84.7 cm³/mol. The number of fused-ring (bicyclic) bond motifs is 1. The second kappa shape index (κ2) is 5.44. The Hall–Kier alpha value is -2.56. The molecule has 0 atom stereocenters. The number of aromatic nitrogens is 3. The van der Waals surface area contributed by atoms with Gasteiger partial charge in [0, 0.05) is 13.6 Å². The number of pyridine rings is 1. The smallest absolute Gasteiger partial charge is 0.330 e. The van der Waals surface area contributed by atoms with Gasteiger partial charge in [0.2, 0.25) is 0 Å². The van der Waals surface area contributed by atoms with E-state index in [1.165, 1.54) is 0 Å². The summed E-state index contributed by atoms with van der Waals surface area (Å²) >= 11 is 0. The number of anilines is 1. The highest BCUT2D eigenvalue weighted by Gasteiger charge is 2.12. The van der Waals surface area contributed by atoms with E-state index in [1.54, 1.807) is 22.4 Å². The van der Waals surface area contributed by atoms with Crippen LogP contribution in [0.4, 0.5) is 5.69 Å². The molecule has 1 N–H and O–H groups in total. The Bertz CT molecular complexity index is 817. The van der Waals surface area contributed by atoms with E-state index in [2.05, 4.69) is 10.3 Å². The van der Waals surface area contributed by atoms with Crippen molar-refractivity contribution < 1.29 is 0 Å². The number of nitrogens with one attached hydrogen (secondary N) is 1. The molecule has 0 fully saturated rings. The minimum atomic E-state index is -0.0463. The molecule has 0 radical (unpaired) electrons. The van der Waals surface area contributed by atoms with Gasteiger partial charge in [0.05, 0.1) is 23.9 Å². The Morgan fingerprint density at radius 2 is 2.00 bits per heavy atom. The van der Waals surface area contributed by atoms with Gasteiger partial charge < -0.3 is 5.32 Å². The first-order valence-corrected chi connectivity index (χ1v) is 7.03. The summed E-state index contributed by atoms with van der Waals surface area (Å²) < 4.78 is 3.35. The minimum Gasteiger partial charge on any atom is -0.384 e. The van der Waals surface area contributed by atoms with Crippen LogP contribution in [0.5, 0.6) is 0 Å². The van der Waals surface area contributed by atoms with E-state index >= 15 is 0 Å². The van der Waals surface area contributed by atoms with Crippen molar-refractivity contribution in [2.75, 3.05) is 11.9 Å². The molecule has 0 aliphatic carbocycles. The van der Waals surface area contributed by atoms with Crippen LogP contribution in [0.1, 0.15) is 12.5 Å². The maximum atomic E-state index is 12.4. The van der Waals surface area contributed by atoms with Gasteiger partial charge in [-0.25, -0.2) is 9.78 Å². The molecular weight excluding hydrogens is 264 g/mol. The zero-order valence-electron chi connectivity index (χ0n) is 12.2. The molecule has 0 bridgehead atoms. The Balaban J connectivity index is 2.14. The highest BCUT2D eigenvalue weighted by atomic mass is 16.1. The van der Waals surface area contributed by atoms with Crippen LogP contribution in [-0.2, 0) is 13.6 Å². The number of nitrogens with zero attached hydrogens (tertiary/aromatic N) is 3. The fourth-order valence-corrected chi connectivity index (χ4v) is 2.50. The lowest BCUT2D eigenvalue weighted by Crippen LogP contribution is -2.22. The molecule has 108 valence electrons. The lowest BCUT2D eigenvalue weighted by Gasteiger charge is -2.05. The summed E-state index contributed by atoms with van der Waals surface area (Å²) in [5, 5.41) is 3.23. The topological polar surface area (TPSA) is 51.9 Å². The zero-order valence-corrected chi connectivity index (χ0v) is 12.2. The maximum Gasteiger partial charge on any atom is 0.330 e. The molecule has 0 spiro atoms. The second-order valence-electron chi connectivity index (χ2n) is 5.01. The molecule has 21 heavy (non-hydrogen) atoms. The molecule has 0 saturated heterocycles. The number of hydrogen-bond donors (Lipinski definition) is 1. The Kier molecular flexibility index (Phi) is 3.48. The van der Waals surface area contributed by atoms with E-state index in [0.717, 1.165) is 23.3 Å². The summed E-state index contributed by atoms with van der Waals surface area (Å²) in [6.07, 6.45) is 1.76. The quantitative estimate of drug-likeness (QED) is 0.798. The van der Waals surface area contributed by atoms with Gasteiger partial charge in [0.1, 0.15) is 0 Å². The summed E-state index contributed by atoms with van der Waals surface area (Å²) in [6.45, 7) is 3.41. The average molecular weight is 282 g/mol. The van der Waals surface area contributed by atoms with Crippen molar-refractivity contribution in [2.45, 2.75) is 13.5 Å². The van der Waals surface area contributed by atoms with Crippen molar-refractivity contribution >= 4 is 16.9 Å². The van der Waals surface area contributed by atoms with E-state index in [-0.39, 0.29) is 5.69 Å². The fraction of sp³-hybridized carbons (Fsp3) is 0.250. The predicted octanol–water partition coefficient (Wildman–Crippen LogP) is 2.22. The normalized spacial score (nSPS) is 11.0. The fourth-order valence-electron chi connectivity index (χ4n) is 2.50. The Morgan fingerprint density at radius 1 is 1.24 bits per heavy atom. The van der Waals surface area contributed by atoms with E-state index < -0.39 is 0 Å².